The van der Waals surface area contributed by atoms with Crippen molar-refractivity contribution < 1.29 is 14.7 Å². The predicted octanol–water partition coefficient (Wildman–Crippen LogP) is 1.12. The minimum Gasteiger partial charge on any atom is -0.480 e. The summed E-state index contributed by atoms with van der Waals surface area (Å²) in [5.74, 6) is -1.43. The fourth-order valence-corrected chi connectivity index (χ4v) is 2.65. The van der Waals surface area contributed by atoms with Gasteiger partial charge in [-0.05, 0) is 37.1 Å². The molecule has 1 aromatic rings. The maximum Gasteiger partial charge on any atom is 0.329 e. The van der Waals surface area contributed by atoms with Gasteiger partial charge in [0.05, 0.1) is 0 Å². The molecule has 0 radical (unpaired) electrons. The van der Waals surface area contributed by atoms with Crippen molar-refractivity contribution in [2.45, 2.75) is 31.3 Å². The Balaban J connectivity index is 2.08. The molecule has 0 aromatic carbocycles. The highest BCUT2D eigenvalue weighted by atomic mass is 32.1. The number of thiophene rings is 1. The first-order valence-corrected chi connectivity index (χ1v) is 6.67. The molecule has 0 aliphatic heterocycles. The van der Waals surface area contributed by atoms with Crippen LogP contribution in [0.15, 0.2) is 17.5 Å². The lowest BCUT2D eigenvalue weighted by Crippen LogP contribution is -2.55. The molecule has 1 aliphatic rings. The highest BCUT2D eigenvalue weighted by Crippen LogP contribution is 2.40. The number of aliphatic carboxylic acids is 1. The van der Waals surface area contributed by atoms with E-state index in [0.717, 1.165) is 17.7 Å². The van der Waals surface area contributed by atoms with Gasteiger partial charge in [-0.2, -0.15) is 0 Å². The molecule has 2 unspecified atom stereocenters. The molecule has 0 bridgehead atoms. The number of rotatable bonds is 5. The van der Waals surface area contributed by atoms with Gasteiger partial charge in [0.25, 0.3) is 0 Å². The first-order chi connectivity index (χ1) is 8.45. The zero-order chi connectivity index (χ0) is 13.3. The van der Waals surface area contributed by atoms with Crippen LogP contribution in [-0.4, -0.2) is 22.5 Å². The van der Waals surface area contributed by atoms with E-state index in [4.69, 9.17) is 5.73 Å². The molecule has 0 saturated heterocycles. The molecule has 18 heavy (non-hydrogen) atoms. The number of carboxylic acid groups (broad SMARTS) is 1. The molecule has 98 valence electrons. The average Bonchev–Trinajstić information content (AvgIpc) is 3.04. The van der Waals surface area contributed by atoms with E-state index in [1.807, 2.05) is 11.4 Å². The molecule has 0 spiro atoms. The van der Waals surface area contributed by atoms with E-state index in [1.54, 1.807) is 13.0 Å². The highest BCUT2D eigenvalue weighted by molar-refractivity contribution is 7.10. The Bertz CT molecular complexity index is 456. The third-order valence-corrected chi connectivity index (χ3v) is 4.31. The lowest BCUT2D eigenvalue weighted by Gasteiger charge is -2.27. The second-order valence-corrected chi connectivity index (χ2v) is 5.74. The zero-order valence-corrected chi connectivity index (χ0v) is 10.9. The Labute approximate surface area is 109 Å². The number of hydrogen-bond donors (Lipinski definition) is 3. The third kappa shape index (κ3) is 2.39. The van der Waals surface area contributed by atoms with Crippen LogP contribution in [0, 0.1) is 5.92 Å². The van der Waals surface area contributed by atoms with Gasteiger partial charge in [-0.1, -0.05) is 6.07 Å². The third-order valence-electron chi connectivity index (χ3n) is 3.35. The predicted molar refractivity (Wildman–Crippen MR) is 68.2 cm³/mol. The molecule has 2 rings (SSSR count). The second kappa shape index (κ2) is 4.70. The average molecular weight is 268 g/mol. The number of nitrogens with two attached hydrogens (primary N) is 1. The Morgan fingerprint density at radius 2 is 2.28 bits per heavy atom. The first kappa shape index (κ1) is 13.0. The van der Waals surface area contributed by atoms with E-state index in [2.05, 4.69) is 5.32 Å². The molecular weight excluding hydrogens is 252 g/mol. The van der Waals surface area contributed by atoms with Crippen LogP contribution in [0.4, 0.5) is 0 Å². The van der Waals surface area contributed by atoms with Crippen molar-refractivity contribution >= 4 is 23.2 Å². The smallest absolute Gasteiger partial charge is 0.329 e. The zero-order valence-electron chi connectivity index (χ0n) is 10.1. The van der Waals surface area contributed by atoms with Crippen LogP contribution in [0.1, 0.15) is 30.7 Å². The SMILES string of the molecule is CC(NC(=O)C(N)c1cccs1)(C(=O)O)C1CC1. The number of amides is 1. The van der Waals surface area contributed by atoms with Gasteiger partial charge < -0.3 is 16.2 Å². The standard InChI is InChI=1S/C12H16N2O3S/c1-12(11(16)17,7-4-5-7)14-10(15)9(13)8-3-2-6-18-8/h2-3,6-7,9H,4-5,13H2,1H3,(H,14,15)(H,16,17). The van der Waals surface area contributed by atoms with Crippen molar-refractivity contribution in [2.75, 3.05) is 0 Å². The van der Waals surface area contributed by atoms with Gasteiger partial charge in [0.1, 0.15) is 11.6 Å². The molecule has 5 nitrogen and oxygen atoms in total. The first-order valence-electron chi connectivity index (χ1n) is 5.79. The second-order valence-electron chi connectivity index (χ2n) is 4.76. The molecule has 1 heterocycles. The minimum atomic E-state index is -1.20. The van der Waals surface area contributed by atoms with Crippen LogP contribution in [0.3, 0.4) is 0 Å². The number of carboxylic acids is 1. The maximum absolute atomic E-state index is 12.0. The van der Waals surface area contributed by atoms with Crippen LogP contribution >= 0.6 is 11.3 Å². The van der Waals surface area contributed by atoms with Gasteiger partial charge in [-0.3, -0.25) is 4.79 Å². The summed E-state index contributed by atoms with van der Waals surface area (Å²) in [6, 6.07) is 2.77. The van der Waals surface area contributed by atoms with Gasteiger partial charge >= 0.3 is 5.97 Å². The molecule has 1 fully saturated rings. The highest BCUT2D eigenvalue weighted by Gasteiger charge is 2.49. The fourth-order valence-electron chi connectivity index (χ4n) is 1.92. The normalized spacial score (nSPS) is 19.9. The van der Waals surface area contributed by atoms with Gasteiger partial charge in [-0.25, -0.2) is 4.79 Å². The molecule has 1 saturated carbocycles. The molecular formula is C12H16N2O3S. The summed E-state index contributed by atoms with van der Waals surface area (Å²) >= 11 is 1.38. The molecule has 1 aliphatic carbocycles. The molecule has 4 N–H and O–H groups in total. The van der Waals surface area contributed by atoms with E-state index < -0.39 is 23.5 Å². The topological polar surface area (TPSA) is 92.4 Å². The van der Waals surface area contributed by atoms with E-state index in [9.17, 15) is 14.7 Å². The van der Waals surface area contributed by atoms with Crippen LogP contribution in [0.25, 0.3) is 0 Å². The number of nitrogens with one attached hydrogen (secondary N) is 1. The number of hydrogen-bond acceptors (Lipinski definition) is 4. The van der Waals surface area contributed by atoms with Gasteiger partial charge in [0.2, 0.25) is 5.91 Å². The van der Waals surface area contributed by atoms with Crippen LogP contribution in [0.2, 0.25) is 0 Å². The van der Waals surface area contributed by atoms with Crippen molar-refractivity contribution in [3.63, 3.8) is 0 Å². The Morgan fingerprint density at radius 3 is 2.72 bits per heavy atom. The lowest BCUT2D eigenvalue weighted by atomic mass is 9.95. The summed E-state index contributed by atoms with van der Waals surface area (Å²) in [6.07, 6.45) is 1.66. The molecule has 1 amide bonds. The minimum absolute atomic E-state index is 0.00878. The van der Waals surface area contributed by atoms with E-state index in [0.29, 0.717) is 0 Å². The van der Waals surface area contributed by atoms with Crippen molar-refractivity contribution in [1.82, 2.24) is 5.32 Å². The quantitative estimate of drug-likeness (QED) is 0.746. The largest absolute Gasteiger partial charge is 0.480 e. The van der Waals surface area contributed by atoms with Gasteiger partial charge in [-0.15, -0.1) is 11.3 Å². The molecule has 2 atom stereocenters. The van der Waals surface area contributed by atoms with Crippen LogP contribution in [-0.2, 0) is 9.59 Å². The number of carbonyl (C=O) groups excluding carboxylic acids is 1. The van der Waals surface area contributed by atoms with Crippen LogP contribution < -0.4 is 11.1 Å². The summed E-state index contributed by atoms with van der Waals surface area (Å²) in [4.78, 5) is 24.0. The number of carbonyl (C=O) groups is 2. The summed E-state index contributed by atoms with van der Waals surface area (Å²) in [5.41, 5.74) is 4.61. The summed E-state index contributed by atoms with van der Waals surface area (Å²) in [6.45, 7) is 1.55. The summed E-state index contributed by atoms with van der Waals surface area (Å²) < 4.78 is 0. The van der Waals surface area contributed by atoms with E-state index in [1.165, 1.54) is 11.3 Å². The summed E-state index contributed by atoms with van der Waals surface area (Å²) in [7, 11) is 0. The van der Waals surface area contributed by atoms with Crippen LogP contribution in [0.5, 0.6) is 0 Å². The van der Waals surface area contributed by atoms with Crippen molar-refractivity contribution in [3.8, 4) is 0 Å². The molecule has 1 aromatic heterocycles. The van der Waals surface area contributed by atoms with Crippen molar-refractivity contribution in [2.24, 2.45) is 11.7 Å². The fraction of sp³-hybridized carbons (Fsp3) is 0.500. The lowest BCUT2D eigenvalue weighted by molar-refractivity contribution is -0.148. The van der Waals surface area contributed by atoms with E-state index >= 15 is 0 Å². The Morgan fingerprint density at radius 1 is 1.61 bits per heavy atom. The summed E-state index contributed by atoms with van der Waals surface area (Å²) in [5, 5.41) is 13.7. The maximum atomic E-state index is 12.0. The molecule has 6 heteroatoms. The van der Waals surface area contributed by atoms with Gasteiger partial charge in [0.15, 0.2) is 0 Å². The Kier molecular flexibility index (Phi) is 3.41. The van der Waals surface area contributed by atoms with Crippen molar-refractivity contribution in [3.05, 3.63) is 22.4 Å². The van der Waals surface area contributed by atoms with Crippen molar-refractivity contribution in [1.29, 1.82) is 0 Å². The van der Waals surface area contributed by atoms with Gasteiger partial charge in [0, 0.05) is 4.88 Å². The van der Waals surface area contributed by atoms with E-state index in [-0.39, 0.29) is 5.92 Å². The monoisotopic (exact) mass is 268 g/mol. The Hall–Kier alpha value is -1.40.